The normalized spacial score (nSPS) is 13.9. The third kappa shape index (κ3) is 7.07. The van der Waals surface area contributed by atoms with Gasteiger partial charge in [-0.1, -0.05) is 18.2 Å². The number of amides is 2. The largest absolute Gasteiger partial charge is 0.481 e. The van der Waals surface area contributed by atoms with E-state index in [4.69, 9.17) is 5.73 Å². The number of aryl methyl sites for hydroxylation is 2. The minimum Gasteiger partial charge on any atom is -0.481 e. The maximum Gasteiger partial charge on any atom is 0.305 e. The van der Waals surface area contributed by atoms with Crippen molar-refractivity contribution in [1.29, 1.82) is 0 Å². The molecule has 1 saturated carbocycles. The van der Waals surface area contributed by atoms with E-state index >= 15 is 0 Å². The second-order valence-corrected chi connectivity index (χ2v) is 9.46. The highest BCUT2D eigenvalue weighted by Crippen LogP contribution is 2.27. The van der Waals surface area contributed by atoms with Crippen molar-refractivity contribution in [2.45, 2.75) is 63.5 Å². The Hall–Kier alpha value is -3.88. The highest BCUT2D eigenvalue weighted by atomic mass is 16.4. The van der Waals surface area contributed by atoms with Gasteiger partial charge in [0.15, 0.2) is 0 Å². The number of carboxylic acid groups (broad SMARTS) is 1. The second kappa shape index (κ2) is 11.7. The van der Waals surface area contributed by atoms with Crippen LogP contribution in [-0.4, -0.2) is 56.4 Å². The third-order valence-electron chi connectivity index (χ3n) is 6.55. The lowest BCUT2D eigenvalue weighted by atomic mass is 10.0. The Labute approximate surface area is 210 Å². The van der Waals surface area contributed by atoms with E-state index in [0.29, 0.717) is 37.9 Å². The van der Waals surface area contributed by atoms with Crippen molar-refractivity contribution in [1.82, 2.24) is 20.2 Å². The number of carbonyl (C=O) groups is 3. The van der Waals surface area contributed by atoms with Crippen LogP contribution in [0.15, 0.2) is 48.8 Å². The van der Waals surface area contributed by atoms with Crippen LogP contribution < -0.4 is 11.1 Å². The molecule has 1 aromatic carbocycles. The fraction of sp³-hybridized carbons (Fsp3) is 0.407. The van der Waals surface area contributed by atoms with Crippen LogP contribution in [0.4, 0.5) is 5.82 Å². The van der Waals surface area contributed by atoms with Gasteiger partial charge in [0, 0.05) is 41.8 Å². The minimum atomic E-state index is -0.967. The fourth-order valence-corrected chi connectivity index (χ4v) is 4.58. The topological polar surface area (TPSA) is 141 Å². The number of nitrogens with zero attached hydrogens (tertiary/aromatic N) is 2. The third-order valence-corrected chi connectivity index (χ3v) is 6.55. The maximum absolute atomic E-state index is 12.9. The van der Waals surface area contributed by atoms with Crippen LogP contribution >= 0.6 is 0 Å². The number of fused-ring (bicyclic) bond motifs is 1. The van der Waals surface area contributed by atoms with Gasteiger partial charge in [-0.2, -0.15) is 0 Å². The zero-order chi connectivity index (χ0) is 25.5. The lowest BCUT2D eigenvalue weighted by molar-refractivity contribution is -0.139. The number of pyridine rings is 1. The van der Waals surface area contributed by atoms with Crippen LogP contribution in [0.1, 0.15) is 49.7 Å². The smallest absolute Gasteiger partial charge is 0.305 e. The lowest BCUT2D eigenvalue weighted by Gasteiger charge is -2.24. The van der Waals surface area contributed by atoms with Crippen molar-refractivity contribution in [2.75, 3.05) is 12.3 Å². The molecule has 190 valence electrons. The summed E-state index contributed by atoms with van der Waals surface area (Å²) in [6, 6.07) is 11.2. The number of aromatic amines is 1. The van der Waals surface area contributed by atoms with Gasteiger partial charge >= 0.3 is 5.97 Å². The number of benzene rings is 1. The summed E-state index contributed by atoms with van der Waals surface area (Å²) in [5.41, 5.74) is 8.85. The molecule has 2 aromatic heterocycles. The molecule has 1 atom stereocenters. The first-order valence-corrected chi connectivity index (χ1v) is 12.4. The van der Waals surface area contributed by atoms with Gasteiger partial charge in [0.2, 0.25) is 11.8 Å². The number of nitrogen functional groups attached to an aromatic ring is 1. The number of hydrogen-bond donors (Lipinski definition) is 4. The highest BCUT2D eigenvalue weighted by molar-refractivity contribution is 5.86. The molecule has 0 aliphatic heterocycles. The standard InChI is InChI=1S/C27H33N5O4/c28-24-14-18(12-13-29-24)4-3-7-26(34)32(21-10-11-21)17-25(33)31-20(15-27(35)36)9-8-19-16-30-23-6-2-1-5-22(19)23/h1-2,5-6,12-14,16,20-21,30H,3-4,7-11,15,17H2,(H2,28,29)(H,31,33)(H,35,36). The van der Waals surface area contributed by atoms with Crippen molar-refractivity contribution in [3.05, 3.63) is 59.9 Å². The molecular weight excluding hydrogens is 458 g/mol. The highest BCUT2D eigenvalue weighted by Gasteiger charge is 2.33. The lowest BCUT2D eigenvalue weighted by Crippen LogP contribution is -2.45. The molecule has 9 nitrogen and oxygen atoms in total. The van der Waals surface area contributed by atoms with E-state index < -0.39 is 12.0 Å². The molecular formula is C27H33N5O4. The molecule has 1 fully saturated rings. The quantitative estimate of drug-likeness (QED) is 0.290. The zero-order valence-electron chi connectivity index (χ0n) is 20.3. The Morgan fingerprint density at radius 1 is 1.19 bits per heavy atom. The molecule has 2 heterocycles. The van der Waals surface area contributed by atoms with Crippen molar-refractivity contribution in [3.63, 3.8) is 0 Å². The maximum atomic E-state index is 12.9. The molecule has 1 unspecified atom stereocenters. The first kappa shape index (κ1) is 25.2. The average molecular weight is 492 g/mol. The Kier molecular flexibility index (Phi) is 8.20. The number of carboxylic acids is 1. The van der Waals surface area contributed by atoms with Gasteiger partial charge < -0.3 is 26.0 Å². The summed E-state index contributed by atoms with van der Waals surface area (Å²) in [4.78, 5) is 46.0. The number of hydrogen-bond acceptors (Lipinski definition) is 5. The van der Waals surface area contributed by atoms with Crippen LogP contribution in [-0.2, 0) is 27.2 Å². The summed E-state index contributed by atoms with van der Waals surface area (Å²) in [6.45, 7) is -0.0467. The molecule has 0 saturated heterocycles. The van der Waals surface area contributed by atoms with E-state index in [2.05, 4.69) is 15.3 Å². The van der Waals surface area contributed by atoms with Gasteiger partial charge in [-0.15, -0.1) is 0 Å². The van der Waals surface area contributed by atoms with Gasteiger partial charge in [0.1, 0.15) is 5.82 Å². The number of aliphatic carboxylic acids is 1. The first-order chi connectivity index (χ1) is 17.4. The van der Waals surface area contributed by atoms with E-state index in [1.165, 1.54) is 0 Å². The van der Waals surface area contributed by atoms with Crippen molar-refractivity contribution in [2.24, 2.45) is 0 Å². The van der Waals surface area contributed by atoms with Gasteiger partial charge in [-0.25, -0.2) is 4.98 Å². The molecule has 1 aliphatic rings. The average Bonchev–Trinajstić information content (AvgIpc) is 3.60. The summed E-state index contributed by atoms with van der Waals surface area (Å²) in [6.07, 6.45) is 8.01. The number of aromatic nitrogens is 2. The van der Waals surface area contributed by atoms with Gasteiger partial charge in [-0.3, -0.25) is 14.4 Å². The molecule has 36 heavy (non-hydrogen) atoms. The number of nitrogens with two attached hydrogens (primary N) is 1. The first-order valence-electron chi connectivity index (χ1n) is 12.4. The molecule has 0 spiro atoms. The number of rotatable bonds is 13. The van der Waals surface area contributed by atoms with Crippen molar-refractivity contribution >= 4 is 34.5 Å². The van der Waals surface area contributed by atoms with Crippen LogP contribution in [0.3, 0.4) is 0 Å². The number of para-hydroxylation sites is 1. The molecule has 3 aromatic rings. The SMILES string of the molecule is Nc1cc(CCCC(=O)N(CC(=O)NC(CCc2c[nH]c3ccccc23)CC(=O)O)C2CC2)ccn1. The molecule has 4 rings (SSSR count). The predicted molar refractivity (Wildman–Crippen MR) is 137 cm³/mol. The Morgan fingerprint density at radius 2 is 2.00 bits per heavy atom. The number of carbonyl (C=O) groups excluding carboxylic acids is 2. The summed E-state index contributed by atoms with van der Waals surface area (Å²) < 4.78 is 0. The van der Waals surface area contributed by atoms with Crippen LogP contribution in [0.2, 0.25) is 0 Å². The van der Waals surface area contributed by atoms with E-state index in [0.717, 1.165) is 34.9 Å². The molecule has 1 aliphatic carbocycles. The minimum absolute atomic E-state index is 0.0467. The fourth-order valence-electron chi connectivity index (χ4n) is 4.58. The Balaban J connectivity index is 1.30. The molecule has 0 radical (unpaired) electrons. The summed E-state index contributed by atoms with van der Waals surface area (Å²) in [5.74, 6) is -0.882. The van der Waals surface area contributed by atoms with Gasteiger partial charge in [0.25, 0.3) is 0 Å². The molecule has 2 amide bonds. The van der Waals surface area contributed by atoms with Crippen LogP contribution in [0.25, 0.3) is 10.9 Å². The molecule has 0 bridgehead atoms. The summed E-state index contributed by atoms with van der Waals surface area (Å²) in [7, 11) is 0. The van der Waals surface area contributed by atoms with E-state index in [1.807, 2.05) is 36.5 Å². The summed E-state index contributed by atoms with van der Waals surface area (Å²) in [5, 5.41) is 13.3. The summed E-state index contributed by atoms with van der Waals surface area (Å²) >= 11 is 0. The number of H-pyrrole nitrogens is 1. The second-order valence-electron chi connectivity index (χ2n) is 9.46. The molecule has 5 N–H and O–H groups in total. The number of nitrogens with one attached hydrogen (secondary N) is 2. The van der Waals surface area contributed by atoms with Gasteiger partial charge in [-0.05, 0) is 67.9 Å². The predicted octanol–water partition coefficient (Wildman–Crippen LogP) is 3.05. The van der Waals surface area contributed by atoms with Crippen molar-refractivity contribution < 1.29 is 19.5 Å². The Bertz CT molecular complexity index is 1220. The van der Waals surface area contributed by atoms with E-state index in [1.54, 1.807) is 17.2 Å². The van der Waals surface area contributed by atoms with Crippen molar-refractivity contribution in [3.8, 4) is 0 Å². The van der Waals surface area contributed by atoms with Gasteiger partial charge in [0.05, 0.1) is 13.0 Å². The Morgan fingerprint density at radius 3 is 2.75 bits per heavy atom. The number of anilines is 1. The van der Waals surface area contributed by atoms with Crippen LogP contribution in [0.5, 0.6) is 0 Å². The van der Waals surface area contributed by atoms with E-state index in [9.17, 15) is 19.5 Å². The molecule has 9 heteroatoms. The van der Waals surface area contributed by atoms with Crippen LogP contribution in [0, 0.1) is 0 Å². The van der Waals surface area contributed by atoms with E-state index in [-0.39, 0.29) is 30.8 Å². The zero-order valence-corrected chi connectivity index (χ0v) is 20.3. The monoisotopic (exact) mass is 491 g/mol.